The largest absolute Gasteiger partial charge is 0.352 e. The van der Waals surface area contributed by atoms with Crippen LogP contribution in [0.2, 0.25) is 0 Å². The Labute approximate surface area is 122 Å². The molecule has 3 heterocycles. The lowest BCUT2D eigenvalue weighted by molar-refractivity contribution is 0.707. The fourth-order valence-corrected chi connectivity index (χ4v) is 1.83. The quantitative estimate of drug-likeness (QED) is 0.779. The zero-order valence-electron chi connectivity index (χ0n) is 10.00. The third kappa shape index (κ3) is 2.55. The topological polar surface area (TPSA) is 66.6 Å². The van der Waals surface area contributed by atoms with Crippen molar-refractivity contribution in [2.75, 3.05) is 6.54 Å². The molecule has 1 unspecified atom stereocenters. The first-order valence-electron chi connectivity index (χ1n) is 5.66. The van der Waals surface area contributed by atoms with Crippen molar-refractivity contribution in [1.82, 2.24) is 25.2 Å². The summed E-state index contributed by atoms with van der Waals surface area (Å²) in [5, 5.41) is 14.7. The zero-order valence-corrected chi connectivity index (χ0v) is 12.3. The minimum atomic E-state index is 0. The van der Waals surface area contributed by atoms with Gasteiger partial charge >= 0.3 is 0 Å². The van der Waals surface area contributed by atoms with Crippen LogP contribution in [0.25, 0.3) is 5.65 Å². The highest BCUT2D eigenvalue weighted by molar-refractivity contribution is 14.0. The van der Waals surface area contributed by atoms with Crippen LogP contribution in [0, 0.1) is 0 Å². The van der Waals surface area contributed by atoms with Gasteiger partial charge in [-0.25, -0.2) is 0 Å². The summed E-state index contributed by atoms with van der Waals surface area (Å²) in [5.74, 6) is 1.72. The maximum absolute atomic E-state index is 4.33. The van der Waals surface area contributed by atoms with Gasteiger partial charge in [-0.1, -0.05) is 6.07 Å². The highest BCUT2D eigenvalue weighted by atomic mass is 127. The van der Waals surface area contributed by atoms with Gasteiger partial charge in [-0.3, -0.25) is 9.39 Å². The van der Waals surface area contributed by atoms with Crippen LogP contribution in [0.1, 0.15) is 12.7 Å². The standard InChI is InChI=1S/C11H14N6.HI/c1-8-6-12-11(14-8)13-7-10-16-15-9-4-2-3-5-17(9)10;/h2-5,8H,6-7H2,1H3,(H2,12,13,14);1H. The van der Waals surface area contributed by atoms with E-state index in [1.54, 1.807) is 0 Å². The Morgan fingerprint density at radius 1 is 1.44 bits per heavy atom. The molecule has 96 valence electrons. The van der Waals surface area contributed by atoms with Gasteiger partial charge in [0, 0.05) is 12.2 Å². The van der Waals surface area contributed by atoms with Crippen LogP contribution in [0.15, 0.2) is 29.4 Å². The van der Waals surface area contributed by atoms with Crippen LogP contribution in [0.3, 0.4) is 0 Å². The molecule has 3 rings (SSSR count). The van der Waals surface area contributed by atoms with Crippen molar-refractivity contribution in [3.8, 4) is 0 Å². The van der Waals surface area contributed by atoms with E-state index in [9.17, 15) is 0 Å². The van der Waals surface area contributed by atoms with Gasteiger partial charge in [0.2, 0.25) is 0 Å². The van der Waals surface area contributed by atoms with E-state index in [-0.39, 0.29) is 24.0 Å². The second-order valence-corrected chi connectivity index (χ2v) is 4.13. The average Bonchev–Trinajstić information content (AvgIpc) is 2.93. The number of pyridine rings is 1. The molecule has 0 fully saturated rings. The number of rotatable bonds is 2. The zero-order chi connectivity index (χ0) is 11.7. The molecule has 0 saturated heterocycles. The fourth-order valence-electron chi connectivity index (χ4n) is 1.83. The van der Waals surface area contributed by atoms with Crippen LogP contribution in [-0.2, 0) is 6.54 Å². The first-order valence-corrected chi connectivity index (χ1v) is 5.66. The van der Waals surface area contributed by atoms with Crippen molar-refractivity contribution < 1.29 is 0 Å². The summed E-state index contributed by atoms with van der Waals surface area (Å²) in [5.41, 5.74) is 0.860. The highest BCUT2D eigenvalue weighted by Crippen LogP contribution is 2.02. The predicted molar refractivity (Wildman–Crippen MR) is 80.1 cm³/mol. The molecule has 0 bridgehead atoms. The molecule has 18 heavy (non-hydrogen) atoms. The number of hydrogen-bond donors (Lipinski definition) is 2. The SMILES string of the molecule is CC1CN=C(NCc2nnc3ccccn23)N1.I. The third-order valence-electron chi connectivity index (χ3n) is 2.70. The summed E-state index contributed by atoms with van der Waals surface area (Å²) in [7, 11) is 0. The molecule has 2 aromatic rings. The van der Waals surface area contributed by atoms with Crippen molar-refractivity contribution >= 4 is 35.6 Å². The van der Waals surface area contributed by atoms with E-state index < -0.39 is 0 Å². The Morgan fingerprint density at radius 2 is 2.33 bits per heavy atom. The fraction of sp³-hybridized carbons (Fsp3) is 0.364. The predicted octanol–water partition coefficient (Wildman–Crippen LogP) is 0.785. The Balaban J connectivity index is 0.00000120. The maximum atomic E-state index is 4.33. The van der Waals surface area contributed by atoms with E-state index >= 15 is 0 Å². The van der Waals surface area contributed by atoms with Gasteiger partial charge in [0.05, 0.1) is 13.1 Å². The molecule has 2 N–H and O–H groups in total. The maximum Gasteiger partial charge on any atom is 0.191 e. The van der Waals surface area contributed by atoms with E-state index in [1.807, 2.05) is 28.8 Å². The van der Waals surface area contributed by atoms with Crippen LogP contribution in [0.4, 0.5) is 0 Å². The van der Waals surface area contributed by atoms with Gasteiger partial charge in [0.1, 0.15) is 0 Å². The second kappa shape index (κ2) is 5.51. The Hall–Kier alpha value is -1.38. The van der Waals surface area contributed by atoms with Crippen LogP contribution in [0.5, 0.6) is 0 Å². The Bertz CT molecular complexity index is 563. The molecule has 0 aliphatic carbocycles. The molecular formula is C11H15IN6. The summed E-state index contributed by atoms with van der Waals surface area (Å²) in [6.07, 6.45) is 1.96. The van der Waals surface area contributed by atoms with E-state index in [4.69, 9.17) is 0 Å². The van der Waals surface area contributed by atoms with Gasteiger partial charge in [0.25, 0.3) is 0 Å². The summed E-state index contributed by atoms with van der Waals surface area (Å²) in [4.78, 5) is 4.33. The van der Waals surface area contributed by atoms with E-state index in [1.165, 1.54) is 0 Å². The Morgan fingerprint density at radius 3 is 3.11 bits per heavy atom. The average molecular weight is 358 g/mol. The number of nitrogens with one attached hydrogen (secondary N) is 2. The summed E-state index contributed by atoms with van der Waals surface area (Å²) < 4.78 is 1.96. The molecule has 2 aromatic heterocycles. The molecule has 1 aliphatic rings. The van der Waals surface area contributed by atoms with Crippen molar-refractivity contribution in [3.63, 3.8) is 0 Å². The number of nitrogens with zero attached hydrogens (tertiary/aromatic N) is 4. The van der Waals surface area contributed by atoms with E-state index in [2.05, 4.69) is 32.7 Å². The summed E-state index contributed by atoms with van der Waals surface area (Å²) in [6.45, 7) is 3.54. The van der Waals surface area contributed by atoms with Crippen molar-refractivity contribution in [3.05, 3.63) is 30.2 Å². The number of hydrogen-bond acceptors (Lipinski definition) is 5. The van der Waals surface area contributed by atoms with Gasteiger partial charge < -0.3 is 10.6 Å². The number of guanidine groups is 1. The van der Waals surface area contributed by atoms with Crippen molar-refractivity contribution in [2.24, 2.45) is 4.99 Å². The second-order valence-electron chi connectivity index (χ2n) is 4.13. The lowest BCUT2D eigenvalue weighted by Gasteiger charge is -2.07. The lowest BCUT2D eigenvalue weighted by Crippen LogP contribution is -2.37. The van der Waals surface area contributed by atoms with E-state index in [0.29, 0.717) is 12.6 Å². The number of aliphatic imine (C=N–C) groups is 1. The van der Waals surface area contributed by atoms with Crippen LogP contribution in [-0.4, -0.2) is 33.1 Å². The smallest absolute Gasteiger partial charge is 0.191 e. The molecule has 0 aromatic carbocycles. The minimum absolute atomic E-state index is 0. The lowest BCUT2D eigenvalue weighted by atomic mass is 10.4. The normalized spacial score (nSPS) is 18.1. The molecule has 1 aliphatic heterocycles. The number of aromatic nitrogens is 3. The first kappa shape index (κ1) is 13.1. The molecule has 7 heteroatoms. The minimum Gasteiger partial charge on any atom is -0.352 e. The molecule has 1 atom stereocenters. The van der Waals surface area contributed by atoms with Crippen LogP contribution < -0.4 is 10.6 Å². The first-order chi connectivity index (χ1) is 8.33. The number of fused-ring (bicyclic) bond motifs is 1. The summed E-state index contributed by atoms with van der Waals surface area (Å²) in [6, 6.07) is 6.26. The molecule has 0 amide bonds. The molecule has 0 radical (unpaired) electrons. The number of halogens is 1. The molecular weight excluding hydrogens is 343 g/mol. The molecule has 6 nitrogen and oxygen atoms in total. The van der Waals surface area contributed by atoms with Crippen molar-refractivity contribution in [2.45, 2.75) is 19.5 Å². The molecule has 0 saturated carbocycles. The summed E-state index contributed by atoms with van der Waals surface area (Å²) >= 11 is 0. The van der Waals surface area contributed by atoms with Crippen LogP contribution >= 0.6 is 24.0 Å². The third-order valence-corrected chi connectivity index (χ3v) is 2.70. The van der Waals surface area contributed by atoms with Gasteiger partial charge in [-0.05, 0) is 19.1 Å². The Kier molecular flexibility index (Phi) is 4.00. The molecule has 0 spiro atoms. The van der Waals surface area contributed by atoms with Gasteiger partial charge in [-0.15, -0.1) is 34.2 Å². The van der Waals surface area contributed by atoms with E-state index in [0.717, 1.165) is 24.0 Å². The highest BCUT2D eigenvalue weighted by Gasteiger charge is 2.12. The van der Waals surface area contributed by atoms with Crippen molar-refractivity contribution in [1.29, 1.82) is 0 Å². The monoisotopic (exact) mass is 358 g/mol. The van der Waals surface area contributed by atoms with Gasteiger partial charge in [0.15, 0.2) is 17.4 Å². The van der Waals surface area contributed by atoms with Gasteiger partial charge in [-0.2, -0.15) is 0 Å².